The van der Waals surface area contributed by atoms with Gasteiger partial charge in [0.05, 0.1) is 23.5 Å². The Labute approximate surface area is 84.6 Å². The molecule has 0 saturated heterocycles. The Balaban J connectivity index is 2.75. The maximum absolute atomic E-state index is 11.4. The topological polar surface area (TPSA) is 42.9 Å². The molecule has 0 amide bonds. The van der Waals surface area contributed by atoms with Crippen molar-refractivity contribution in [2.24, 2.45) is 0 Å². The van der Waals surface area contributed by atoms with Gasteiger partial charge in [0.15, 0.2) is 0 Å². The van der Waals surface area contributed by atoms with Crippen LogP contribution in [0.4, 0.5) is 0 Å². The van der Waals surface area contributed by atoms with Crippen LogP contribution in [0.2, 0.25) is 0 Å². The van der Waals surface area contributed by atoms with Crippen molar-refractivity contribution in [3.63, 3.8) is 0 Å². The molecule has 1 rings (SSSR count). The second-order valence-electron chi connectivity index (χ2n) is 3.51. The Morgan fingerprint density at radius 2 is 2.14 bits per heavy atom. The molecule has 0 bridgehead atoms. The Morgan fingerprint density at radius 1 is 1.43 bits per heavy atom. The maximum Gasteiger partial charge on any atom is 0.138 e. The average molecular weight is 192 g/mol. The van der Waals surface area contributed by atoms with Gasteiger partial charge in [-0.25, -0.2) is 0 Å². The number of hydrogen-bond acceptors (Lipinski definition) is 3. The van der Waals surface area contributed by atoms with Crippen LogP contribution in [0.1, 0.15) is 36.8 Å². The molecule has 0 aromatic carbocycles. The SMILES string of the molecule is CCCC(=O)Cc1nc(C)cnc1C. The number of aromatic nitrogens is 2. The molecule has 1 heterocycles. The fourth-order valence-corrected chi connectivity index (χ4v) is 1.31. The third-order valence-electron chi connectivity index (χ3n) is 2.07. The number of hydrogen-bond donors (Lipinski definition) is 0. The summed E-state index contributed by atoms with van der Waals surface area (Å²) < 4.78 is 0. The molecular formula is C11H16N2O. The first-order valence-corrected chi connectivity index (χ1v) is 4.94. The van der Waals surface area contributed by atoms with E-state index < -0.39 is 0 Å². The van der Waals surface area contributed by atoms with Crippen LogP contribution in [0, 0.1) is 13.8 Å². The summed E-state index contributed by atoms with van der Waals surface area (Å²) in [5, 5.41) is 0. The Morgan fingerprint density at radius 3 is 2.79 bits per heavy atom. The van der Waals surface area contributed by atoms with E-state index in [9.17, 15) is 4.79 Å². The highest BCUT2D eigenvalue weighted by molar-refractivity contribution is 5.80. The van der Waals surface area contributed by atoms with Crippen molar-refractivity contribution in [2.75, 3.05) is 0 Å². The lowest BCUT2D eigenvalue weighted by Gasteiger charge is -2.03. The molecule has 1 aromatic rings. The van der Waals surface area contributed by atoms with Crippen LogP contribution in [0.25, 0.3) is 0 Å². The number of Topliss-reactive ketones (excluding diaryl/α,β-unsaturated/α-hetero) is 1. The molecule has 0 spiro atoms. The second kappa shape index (κ2) is 4.84. The smallest absolute Gasteiger partial charge is 0.138 e. The lowest BCUT2D eigenvalue weighted by molar-refractivity contribution is -0.118. The van der Waals surface area contributed by atoms with Crippen LogP contribution in [0.3, 0.4) is 0 Å². The number of carbonyl (C=O) groups excluding carboxylic acids is 1. The van der Waals surface area contributed by atoms with E-state index in [-0.39, 0.29) is 5.78 Å². The predicted molar refractivity (Wildman–Crippen MR) is 55.1 cm³/mol. The molecule has 0 aliphatic rings. The zero-order valence-corrected chi connectivity index (χ0v) is 9.00. The molecule has 0 fully saturated rings. The first-order valence-electron chi connectivity index (χ1n) is 4.94. The molecule has 3 heteroatoms. The summed E-state index contributed by atoms with van der Waals surface area (Å²) in [6.07, 6.45) is 3.68. The van der Waals surface area contributed by atoms with E-state index in [0.29, 0.717) is 12.8 Å². The predicted octanol–water partition coefficient (Wildman–Crippen LogP) is 2.01. The van der Waals surface area contributed by atoms with Gasteiger partial charge in [0.2, 0.25) is 0 Å². The number of rotatable bonds is 4. The molecule has 0 aliphatic heterocycles. The molecule has 0 atom stereocenters. The largest absolute Gasteiger partial charge is 0.299 e. The van der Waals surface area contributed by atoms with Crippen LogP contribution in [0.5, 0.6) is 0 Å². The van der Waals surface area contributed by atoms with Crippen molar-refractivity contribution in [3.05, 3.63) is 23.3 Å². The van der Waals surface area contributed by atoms with E-state index in [0.717, 1.165) is 23.5 Å². The zero-order valence-electron chi connectivity index (χ0n) is 9.00. The van der Waals surface area contributed by atoms with Gasteiger partial charge in [0.1, 0.15) is 5.78 Å². The third kappa shape index (κ3) is 2.91. The molecule has 0 aliphatic carbocycles. The van der Waals surface area contributed by atoms with Crippen LogP contribution in [-0.4, -0.2) is 15.8 Å². The van der Waals surface area contributed by atoms with Gasteiger partial charge in [-0.2, -0.15) is 0 Å². The third-order valence-corrected chi connectivity index (χ3v) is 2.07. The molecule has 0 saturated carbocycles. The lowest BCUT2D eigenvalue weighted by Crippen LogP contribution is -2.07. The van der Waals surface area contributed by atoms with Crippen LogP contribution >= 0.6 is 0 Å². The van der Waals surface area contributed by atoms with E-state index in [1.165, 1.54) is 0 Å². The molecule has 1 aromatic heterocycles. The summed E-state index contributed by atoms with van der Waals surface area (Å²) in [6.45, 7) is 5.79. The number of aryl methyl sites for hydroxylation is 2. The molecular weight excluding hydrogens is 176 g/mol. The summed E-state index contributed by atoms with van der Waals surface area (Å²) in [5.74, 6) is 0.246. The highest BCUT2D eigenvalue weighted by atomic mass is 16.1. The van der Waals surface area contributed by atoms with E-state index >= 15 is 0 Å². The average Bonchev–Trinajstić information content (AvgIpc) is 2.12. The highest BCUT2D eigenvalue weighted by Crippen LogP contribution is 2.05. The summed E-state index contributed by atoms with van der Waals surface area (Å²) in [4.78, 5) is 19.9. The normalized spacial score (nSPS) is 10.2. The van der Waals surface area contributed by atoms with E-state index in [1.54, 1.807) is 6.20 Å². The van der Waals surface area contributed by atoms with Crippen molar-refractivity contribution in [1.82, 2.24) is 9.97 Å². The fraction of sp³-hybridized carbons (Fsp3) is 0.545. The first-order chi connectivity index (χ1) is 6.63. The summed E-state index contributed by atoms with van der Waals surface area (Å²) in [5.41, 5.74) is 2.55. The van der Waals surface area contributed by atoms with Gasteiger partial charge in [-0.05, 0) is 20.3 Å². The Kier molecular flexibility index (Phi) is 3.74. The van der Waals surface area contributed by atoms with Crippen LogP contribution in [-0.2, 0) is 11.2 Å². The van der Waals surface area contributed by atoms with E-state index in [4.69, 9.17) is 0 Å². The molecule has 0 N–H and O–H groups in total. The standard InChI is InChI=1S/C11H16N2O/c1-4-5-10(14)6-11-9(3)12-7-8(2)13-11/h7H,4-6H2,1-3H3. The Hall–Kier alpha value is -1.25. The molecule has 76 valence electrons. The number of ketones is 1. The van der Waals surface area contributed by atoms with Gasteiger partial charge in [-0.1, -0.05) is 6.92 Å². The van der Waals surface area contributed by atoms with Crippen molar-refractivity contribution < 1.29 is 4.79 Å². The lowest BCUT2D eigenvalue weighted by atomic mass is 10.1. The van der Waals surface area contributed by atoms with Crippen LogP contribution < -0.4 is 0 Å². The van der Waals surface area contributed by atoms with Crippen LogP contribution in [0.15, 0.2) is 6.20 Å². The molecule has 3 nitrogen and oxygen atoms in total. The van der Waals surface area contributed by atoms with Crippen molar-refractivity contribution >= 4 is 5.78 Å². The zero-order chi connectivity index (χ0) is 10.6. The number of nitrogens with zero attached hydrogens (tertiary/aromatic N) is 2. The Bertz CT molecular complexity index is 334. The van der Waals surface area contributed by atoms with Gasteiger partial charge < -0.3 is 0 Å². The minimum atomic E-state index is 0.246. The van der Waals surface area contributed by atoms with Gasteiger partial charge in [0, 0.05) is 12.6 Å². The number of carbonyl (C=O) groups is 1. The van der Waals surface area contributed by atoms with Gasteiger partial charge in [0.25, 0.3) is 0 Å². The molecule has 0 unspecified atom stereocenters. The molecule has 14 heavy (non-hydrogen) atoms. The van der Waals surface area contributed by atoms with Gasteiger partial charge in [-0.15, -0.1) is 0 Å². The maximum atomic E-state index is 11.4. The van der Waals surface area contributed by atoms with Gasteiger partial charge >= 0.3 is 0 Å². The van der Waals surface area contributed by atoms with E-state index in [2.05, 4.69) is 9.97 Å². The van der Waals surface area contributed by atoms with E-state index in [1.807, 2.05) is 20.8 Å². The summed E-state index contributed by atoms with van der Waals surface area (Å²) in [7, 11) is 0. The second-order valence-corrected chi connectivity index (χ2v) is 3.51. The molecule has 0 radical (unpaired) electrons. The monoisotopic (exact) mass is 192 g/mol. The highest BCUT2D eigenvalue weighted by Gasteiger charge is 2.07. The van der Waals surface area contributed by atoms with Gasteiger partial charge in [-0.3, -0.25) is 14.8 Å². The first kappa shape index (κ1) is 10.8. The minimum Gasteiger partial charge on any atom is -0.299 e. The summed E-state index contributed by atoms with van der Waals surface area (Å²) in [6, 6.07) is 0. The van der Waals surface area contributed by atoms with Crippen molar-refractivity contribution in [2.45, 2.75) is 40.0 Å². The quantitative estimate of drug-likeness (QED) is 0.732. The van der Waals surface area contributed by atoms with Crippen molar-refractivity contribution in [3.8, 4) is 0 Å². The minimum absolute atomic E-state index is 0.246. The van der Waals surface area contributed by atoms with Crippen molar-refractivity contribution in [1.29, 1.82) is 0 Å². The fourth-order valence-electron chi connectivity index (χ4n) is 1.31. The summed E-state index contributed by atoms with van der Waals surface area (Å²) >= 11 is 0.